The summed E-state index contributed by atoms with van der Waals surface area (Å²) in [5.74, 6) is -0.484. The largest absolute Gasteiger partial charge is 0.449 e. The number of fused-ring (bicyclic) bond motifs is 2. The Balaban J connectivity index is 1.53. The van der Waals surface area contributed by atoms with Gasteiger partial charge in [0, 0.05) is 29.9 Å². The second-order valence-electron chi connectivity index (χ2n) is 7.35. The lowest BCUT2D eigenvalue weighted by molar-refractivity contribution is 0.0285. The van der Waals surface area contributed by atoms with Gasteiger partial charge in [-0.3, -0.25) is 9.59 Å². The van der Waals surface area contributed by atoms with Gasteiger partial charge in [-0.1, -0.05) is 12.1 Å². The molecular weight excluding hydrogens is 400 g/mol. The van der Waals surface area contributed by atoms with Gasteiger partial charge in [-0.2, -0.15) is 4.98 Å². The number of hydrogen-bond acceptors (Lipinski definition) is 7. The maximum atomic E-state index is 13.1. The second kappa shape index (κ2) is 7.47. The third kappa shape index (κ3) is 3.40. The smallest absolute Gasteiger partial charge is 0.295 e. The van der Waals surface area contributed by atoms with E-state index in [4.69, 9.17) is 9.15 Å². The van der Waals surface area contributed by atoms with Crippen LogP contribution in [0.3, 0.4) is 0 Å². The minimum absolute atomic E-state index is 0.0451. The molecule has 158 valence electrons. The van der Waals surface area contributed by atoms with Crippen molar-refractivity contribution in [2.75, 3.05) is 31.6 Å². The molecule has 0 atom stereocenters. The Morgan fingerprint density at radius 1 is 1.10 bits per heavy atom. The number of hydrogen-bond donors (Lipinski definition) is 1. The summed E-state index contributed by atoms with van der Waals surface area (Å²) < 4.78 is 12.7. The molecule has 1 aliphatic rings. The topological polar surface area (TPSA) is 115 Å². The van der Waals surface area contributed by atoms with E-state index >= 15 is 0 Å². The van der Waals surface area contributed by atoms with Gasteiger partial charge >= 0.3 is 0 Å². The number of nitrogens with zero attached hydrogens (tertiary/aromatic N) is 5. The number of amides is 2. The summed E-state index contributed by atoms with van der Waals surface area (Å²) in [5, 5.41) is 7.68. The zero-order valence-corrected chi connectivity index (χ0v) is 17.1. The lowest BCUT2D eigenvalue weighted by atomic mass is 10.2. The first kappa shape index (κ1) is 19.2. The van der Waals surface area contributed by atoms with E-state index in [2.05, 4.69) is 20.4 Å². The van der Waals surface area contributed by atoms with Crippen molar-refractivity contribution in [3.05, 3.63) is 53.3 Å². The summed E-state index contributed by atoms with van der Waals surface area (Å²) in [6.45, 7) is 5.56. The standard InChI is InChI=1S/C21H20N6O4/c1-12-11-13(2)27-21(22-12)24-18(25-27)19(28)23-16-14-5-3-4-6-15(14)31-17(16)20(29)26-7-9-30-10-8-26/h3-6,11H,7-10H2,1-2H3,(H,23,28). The highest BCUT2D eigenvalue weighted by atomic mass is 16.5. The fourth-order valence-corrected chi connectivity index (χ4v) is 3.66. The van der Waals surface area contributed by atoms with Crippen molar-refractivity contribution in [1.82, 2.24) is 24.5 Å². The first-order valence-electron chi connectivity index (χ1n) is 9.92. The van der Waals surface area contributed by atoms with E-state index in [1.165, 1.54) is 4.52 Å². The Kier molecular flexibility index (Phi) is 4.63. The van der Waals surface area contributed by atoms with Gasteiger partial charge in [-0.05, 0) is 32.0 Å². The molecule has 1 aromatic carbocycles. The fraction of sp³-hybridized carbons (Fsp3) is 0.286. The molecule has 0 unspecified atom stereocenters. The van der Waals surface area contributed by atoms with Crippen molar-refractivity contribution in [2.24, 2.45) is 0 Å². The van der Waals surface area contributed by atoms with E-state index in [1.54, 1.807) is 23.1 Å². The molecule has 1 N–H and O–H groups in total. The molecule has 0 radical (unpaired) electrons. The highest BCUT2D eigenvalue weighted by Gasteiger charge is 2.28. The van der Waals surface area contributed by atoms with Crippen LogP contribution in [0.1, 0.15) is 32.6 Å². The van der Waals surface area contributed by atoms with Crippen LogP contribution in [0, 0.1) is 13.8 Å². The number of nitrogens with one attached hydrogen (secondary N) is 1. The van der Waals surface area contributed by atoms with E-state index in [9.17, 15) is 9.59 Å². The van der Waals surface area contributed by atoms with Gasteiger partial charge in [0.1, 0.15) is 11.3 Å². The number of ether oxygens (including phenoxy) is 1. The van der Waals surface area contributed by atoms with Crippen LogP contribution in [0.25, 0.3) is 16.7 Å². The molecular formula is C21H20N6O4. The van der Waals surface area contributed by atoms with Crippen molar-refractivity contribution in [3.63, 3.8) is 0 Å². The molecule has 0 saturated carbocycles. The molecule has 1 saturated heterocycles. The minimum atomic E-state index is -0.551. The maximum Gasteiger partial charge on any atom is 0.295 e. The molecule has 1 aliphatic heterocycles. The zero-order valence-electron chi connectivity index (χ0n) is 17.1. The van der Waals surface area contributed by atoms with Gasteiger partial charge in [0.25, 0.3) is 17.6 Å². The van der Waals surface area contributed by atoms with Crippen LogP contribution in [0.2, 0.25) is 0 Å². The Labute approximate surface area is 176 Å². The monoisotopic (exact) mass is 420 g/mol. The molecule has 31 heavy (non-hydrogen) atoms. The van der Waals surface area contributed by atoms with E-state index in [0.717, 1.165) is 11.4 Å². The van der Waals surface area contributed by atoms with Crippen molar-refractivity contribution in [3.8, 4) is 0 Å². The highest BCUT2D eigenvalue weighted by molar-refractivity contribution is 6.13. The van der Waals surface area contributed by atoms with Crippen LogP contribution in [-0.4, -0.2) is 62.6 Å². The van der Waals surface area contributed by atoms with Gasteiger partial charge in [-0.15, -0.1) is 5.10 Å². The Morgan fingerprint density at radius 3 is 2.68 bits per heavy atom. The quantitative estimate of drug-likeness (QED) is 0.540. The summed E-state index contributed by atoms with van der Waals surface area (Å²) in [5.41, 5.74) is 2.40. The van der Waals surface area contributed by atoms with Crippen LogP contribution in [-0.2, 0) is 4.74 Å². The SMILES string of the molecule is Cc1cc(C)n2nc(C(=O)Nc3c(C(=O)N4CCOCC4)oc4ccccc34)nc2n1. The van der Waals surface area contributed by atoms with E-state index in [-0.39, 0.29) is 17.5 Å². The number of aromatic nitrogens is 4. The number of anilines is 1. The Hall–Kier alpha value is -3.79. The number of carbonyl (C=O) groups excluding carboxylic acids is 2. The highest BCUT2D eigenvalue weighted by Crippen LogP contribution is 2.32. The minimum Gasteiger partial charge on any atom is -0.449 e. The zero-order chi connectivity index (χ0) is 21.5. The van der Waals surface area contributed by atoms with Crippen molar-refractivity contribution >= 4 is 34.2 Å². The second-order valence-corrected chi connectivity index (χ2v) is 7.35. The van der Waals surface area contributed by atoms with E-state index in [0.29, 0.717) is 48.7 Å². The molecule has 10 nitrogen and oxygen atoms in total. The third-order valence-electron chi connectivity index (χ3n) is 5.15. The van der Waals surface area contributed by atoms with Crippen molar-refractivity contribution in [2.45, 2.75) is 13.8 Å². The van der Waals surface area contributed by atoms with Crippen molar-refractivity contribution < 1.29 is 18.7 Å². The normalized spacial score (nSPS) is 14.3. The molecule has 0 aliphatic carbocycles. The average Bonchev–Trinajstić information content (AvgIpc) is 3.36. The van der Waals surface area contributed by atoms with Crippen LogP contribution in [0.5, 0.6) is 0 Å². The molecule has 0 spiro atoms. The summed E-state index contributed by atoms with van der Waals surface area (Å²) in [6, 6.07) is 9.01. The summed E-state index contributed by atoms with van der Waals surface area (Å²) in [6.07, 6.45) is 0. The molecule has 5 rings (SSSR count). The Morgan fingerprint density at radius 2 is 1.87 bits per heavy atom. The summed E-state index contributed by atoms with van der Waals surface area (Å²) in [7, 11) is 0. The first-order valence-corrected chi connectivity index (χ1v) is 9.92. The number of carbonyl (C=O) groups is 2. The molecule has 1 fully saturated rings. The fourth-order valence-electron chi connectivity index (χ4n) is 3.66. The molecule has 2 amide bonds. The predicted octanol–water partition coefficient (Wildman–Crippen LogP) is 2.21. The van der Waals surface area contributed by atoms with E-state index < -0.39 is 5.91 Å². The van der Waals surface area contributed by atoms with Gasteiger partial charge in [-0.25, -0.2) is 9.50 Å². The lowest BCUT2D eigenvalue weighted by Gasteiger charge is -2.26. The number of aryl methyl sites for hydroxylation is 2. The van der Waals surface area contributed by atoms with Gasteiger partial charge < -0.3 is 19.4 Å². The Bertz CT molecular complexity index is 1320. The number of para-hydroxylation sites is 1. The summed E-state index contributed by atoms with van der Waals surface area (Å²) in [4.78, 5) is 36.3. The lowest BCUT2D eigenvalue weighted by Crippen LogP contribution is -2.40. The van der Waals surface area contributed by atoms with Crippen LogP contribution >= 0.6 is 0 Å². The predicted molar refractivity (Wildman–Crippen MR) is 111 cm³/mol. The molecule has 10 heteroatoms. The summed E-state index contributed by atoms with van der Waals surface area (Å²) >= 11 is 0. The maximum absolute atomic E-state index is 13.1. The van der Waals surface area contributed by atoms with Gasteiger partial charge in [0.15, 0.2) is 0 Å². The van der Waals surface area contributed by atoms with Crippen LogP contribution in [0.15, 0.2) is 34.7 Å². The molecule has 4 heterocycles. The van der Waals surface area contributed by atoms with Gasteiger partial charge in [0.2, 0.25) is 11.6 Å². The molecule has 0 bridgehead atoms. The third-order valence-corrected chi connectivity index (χ3v) is 5.15. The average molecular weight is 420 g/mol. The van der Waals surface area contributed by atoms with E-state index in [1.807, 2.05) is 26.0 Å². The number of rotatable bonds is 3. The first-order chi connectivity index (χ1) is 15.0. The number of furan rings is 1. The van der Waals surface area contributed by atoms with Gasteiger partial charge in [0.05, 0.1) is 13.2 Å². The number of morpholine rings is 1. The molecule has 4 aromatic rings. The number of benzene rings is 1. The van der Waals surface area contributed by atoms with Crippen LogP contribution < -0.4 is 5.32 Å². The van der Waals surface area contributed by atoms with Crippen molar-refractivity contribution in [1.29, 1.82) is 0 Å². The molecule has 3 aromatic heterocycles. The van der Waals surface area contributed by atoms with Crippen LogP contribution in [0.4, 0.5) is 5.69 Å².